The zero-order chi connectivity index (χ0) is 27.0. The minimum atomic E-state index is -0.0874. The van der Waals surface area contributed by atoms with Crippen LogP contribution < -0.4 is 5.43 Å². The second kappa shape index (κ2) is 11.3. The Bertz CT molecular complexity index is 1120. The van der Waals surface area contributed by atoms with Crippen molar-refractivity contribution in [1.29, 1.82) is 0 Å². The van der Waals surface area contributed by atoms with Crippen LogP contribution in [0, 0.1) is 11.8 Å². The zero-order valence-electron chi connectivity index (χ0n) is 24.2. The summed E-state index contributed by atoms with van der Waals surface area (Å²) < 4.78 is 0. The molecule has 1 N–H and O–H groups in total. The highest BCUT2D eigenvalue weighted by Gasteiger charge is 2.65. The van der Waals surface area contributed by atoms with Crippen molar-refractivity contribution in [2.45, 2.75) is 95.3 Å². The third-order valence-electron chi connectivity index (χ3n) is 10.7. The Morgan fingerprint density at radius 2 is 2.00 bits per heavy atom. The molecule has 210 valence electrons. The molecule has 6 atom stereocenters. The van der Waals surface area contributed by atoms with E-state index in [9.17, 15) is 4.79 Å². The Balaban J connectivity index is 1.26. The summed E-state index contributed by atoms with van der Waals surface area (Å²) in [5.41, 5.74) is 7.57. The molecule has 6 unspecified atom stereocenters. The number of hydrogen-bond donors (Lipinski definition) is 1. The molecule has 1 saturated carbocycles. The highest BCUT2D eigenvalue weighted by molar-refractivity contribution is 5.80. The van der Waals surface area contributed by atoms with E-state index in [0.717, 1.165) is 51.0 Å². The van der Waals surface area contributed by atoms with E-state index < -0.39 is 0 Å². The first-order valence-corrected chi connectivity index (χ1v) is 15.7. The van der Waals surface area contributed by atoms with Crippen LogP contribution in [0.4, 0.5) is 0 Å². The van der Waals surface area contributed by atoms with Crippen LogP contribution in [-0.2, 0) is 11.2 Å². The fourth-order valence-electron chi connectivity index (χ4n) is 8.50. The third kappa shape index (κ3) is 4.85. The summed E-state index contributed by atoms with van der Waals surface area (Å²) in [6.45, 7) is 13.0. The maximum absolute atomic E-state index is 13.1. The van der Waals surface area contributed by atoms with Gasteiger partial charge in [-0.1, -0.05) is 61.9 Å². The molecule has 3 saturated heterocycles. The van der Waals surface area contributed by atoms with Crippen molar-refractivity contribution in [3.05, 3.63) is 71.8 Å². The van der Waals surface area contributed by atoms with Crippen LogP contribution in [0.2, 0.25) is 0 Å². The van der Waals surface area contributed by atoms with Gasteiger partial charge in [-0.3, -0.25) is 20.0 Å². The van der Waals surface area contributed by atoms with Gasteiger partial charge >= 0.3 is 0 Å². The molecule has 3 heterocycles. The van der Waals surface area contributed by atoms with Gasteiger partial charge in [-0.05, 0) is 87.5 Å². The van der Waals surface area contributed by atoms with Crippen molar-refractivity contribution in [3.63, 3.8) is 0 Å². The third-order valence-corrected chi connectivity index (χ3v) is 10.7. The van der Waals surface area contributed by atoms with E-state index in [0.29, 0.717) is 6.04 Å². The van der Waals surface area contributed by atoms with Crippen molar-refractivity contribution in [2.75, 3.05) is 26.2 Å². The van der Waals surface area contributed by atoms with Gasteiger partial charge < -0.3 is 0 Å². The Kier molecular flexibility index (Phi) is 7.85. The Hall–Kier alpha value is -2.21. The monoisotopic (exact) mass is 528 g/mol. The average molecular weight is 529 g/mol. The lowest BCUT2D eigenvalue weighted by Crippen LogP contribution is -2.81. The molecule has 1 aromatic rings. The lowest BCUT2D eigenvalue weighted by Gasteiger charge is -2.71. The molecule has 5 aliphatic rings. The van der Waals surface area contributed by atoms with Gasteiger partial charge in [0, 0.05) is 37.3 Å². The molecule has 2 aliphatic carbocycles. The van der Waals surface area contributed by atoms with E-state index in [-0.39, 0.29) is 23.4 Å². The van der Waals surface area contributed by atoms with Gasteiger partial charge in [0.25, 0.3) is 0 Å². The number of carbonyl (C=O) groups is 1. The topological polar surface area (TPSA) is 38.8 Å². The molecule has 3 aliphatic heterocycles. The number of likely N-dealkylation sites (tertiary alicyclic amines) is 2. The molecule has 0 spiro atoms. The first-order valence-electron chi connectivity index (χ1n) is 15.7. The first-order chi connectivity index (χ1) is 19.0. The molecule has 0 radical (unpaired) electrons. The largest absolute Gasteiger partial charge is 0.289 e. The number of allylic oxidation sites excluding steroid dienone is 1. The van der Waals surface area contributed by atoms with Crippen molar-refractivity contribution < 1.29 is 4.79 Å². The Morgan fingerprint density at radius 1 is 1.15 bits per heavy atom. The van der Waals surface area contributed by atoms with Gasteiger partial charge in [0.2, 0.25) is 5.91 Å². The van der Waals surface area contributed by atoms with Gasteiger partial charge in [0.15, 0.2) is 0 Å². The molecular formula is C34H48N4O. The molecule has 39 heavy (non-hydrogen) atoms. The lowest BCUT2D eigenvalue weighted by molar-refractivity contribution is -0.207. The number of hydrogen-bond acceptors (Lipinski definition) is 4. The van der Waals surface area contributed by atoms with Crippen molar-refractivity contribution >= 4 is 5.91 Å². The van der Waals surface area contributed by atoms with Crippen LogP contribution >= 0.6 is 0 Å². The SMILES string of the molecule is C=CCN1C2CCC2C1(C)C1CCCN1C(C1=CCC(C(=O)NN2CCCCC2)C=C1)c1cccc(CC)c1. The molecular weight excluding hydrogens is 480 g/mol. The predicted octanol–water partition coefficient (Wildman–Crippen LogP) is 5.81. The van der Waals surface area contributed by atoms with Crippen LogP contribution in [0.1, 0.15) is 82.4 Å². The van der Waals surface area contributed by atoms with E-state index in [1.807, 2.05) is 0 Å². The Labute approximate surface area is 236 Å². The lowest BCUT2D eigenvalue weighted by atomic mass is 9.54. The van der Waals surface area contributed by atoms with E-state index >= 15 is 0 Å². The van der Waals surface area contributed by atoms with Crippen LogP contribution in [-0.4, -0.2) is 64.5 Å². The quantitative estimate of drug-likeness (QED) is 0.411. The number of rotatable bonds is 9. The van der Waals surface area contributed by atoms with Crippen molar-refractivity contribution in [2.24, 2.45) is 11.8 Å². The van der Waals surface area contributed by atoms with Gasteiger partial charge in [0.05, 0.1) is 12.0 Å². The van der Waals surface area contributed by atoms with Crippen LogP contribution in [0.5, 0.6) is 0 Å². The van der Waals surface area contributed by atoms with E-state index in [2.05, 4.69) is 89.2 Å². The molecule has 5 heteroatoms. The van der Waals surface area contributed by atoms with E-state index in [4.69, 9.17) is 0 Å². The van der Waals surface area contributed by atoms with E-state index in [1.165, 1.54) is 61.6 Å². The number of amides is 1. The average Bonchev–Trinajstić information content (AvgIpc) is 3.43. The fraction of sp³-hybridized carbons (Fsp3) is 0.618. The van der Waals surface area contributed by atoms with Gasteiger partial charge in [-0.2, -0.15) is 0 Å². The summed E-state index contributed by atoms with van der Waals surface area (Å²) in [6, 6.07) is 10.8. The minimum Gasteiger partial charge on any atom is -0.289 e. The number of nitrogens with zero attached hydrogens (tertiary/aromatic N) is 3. The second-order valence-corrected chi connectivity index (χ2v) is 12.7. The standard InChI is InChI=1S/C34H48N4O/c1-4-20-38-30-19-18-29(30)34(38,3)31-13-10-23-37(31)32(28-12-9-11-25(5-2)24-28)26-14-16-27(17-15-26)33(39)35-36-21-7-6-8-22-36/h4,9,11-12,14-16,24,27,29-32H,1,5-8,10,13,17-23H2,2-3H3,(H,35,39). The molecule has 1 aromatic carbocycles. The summed E-state index contributed by atoms with van der Waals surface area (Å²) >= 11 is 0. The smallest absolute Gasteiger partial charge is 0.241 e. The van der Waals surface area contributed by atoms with E-state index in [1.54, 1.807) is 0 Å². The van der Waals surface area contributed by atoms with Crippen molar-refractivity contribution in [3.8, 4) is 0 Å². The van der Waals surface area contributed by atoms with Gasteiger partial charge in [-0.25, -0.2) is 5.01 Å². The highest BCUT2D eigenvalue weighted by Crippen LogP contribution is 2.58. The number of aryl methyl sites for hydroxylation is 1. The molecule has 1 amide bonds. The number of nitrogens with one attached hydrogen (secondary N) is 1. The maximum atomic E-state index is 13.1. The number of benzene rings is 1. The molecule has 4 fully saturated rings. The summed E-state index contributed by atoms with van der Waals surface area (Å²) in [6.07, 6.45) is 19.6. The predicted molar refractivity (Wildman–Crippen MR) is 159 cm³/mol. The number of hydrazine groups is 1. The zero-order valence-corrected chi connectivity index (χ0v) is 24.2. The minimum absolute atomic E-state index is 0.0874. The number of fused-ring (bicyclic) bond motifs is 1. The maximum Gasteiger partial charge on any atom is 0.241 e. The normalized spacial score (nSPS) is 33.9. The summed E-state index contributed by atoms with van der Waals surface area (Å²) in [5, 5.41) is 2.12. The molecule has 0 bridgehead atoms. The Morgan fingerprint density at radius 3 is 2.69 bits per heavy atom. The number of carbonyl (C=O) groups excluding carboxylic acids is 1. The van der Waals surface area contributed by atoms with Gasteiger partial charge in [-0.15, -0.1) is 6.58 Å². The summed E-state index contributed by atoms with van der Waals surface area (Å²) in [4.78, 5) is 18.7. The molecule has 0 aromatic heterocycles. The second-order valence-electron chi connectivity index (χ2n) is 12.7. The summed E-state index contributed by atoms with van der Waals surface area (Å²) in [7, 11) is 0. The van der Waals surface area contributed by atoms with Crippen LogP contribution in [0.15, 0.2) is 60.7 Å². The molecule has 5 nitrogen and oxygen atoms in total. The van der Waals surface area contributed by atoms with Crippen LogP contribution in [0.3, 0.4) is 0 Å². The van der Waals surface area contributed by atoms with Gasteiger partial charge in [0.1, 0.15) is 0 Å². The first kappa shape index (κ1) is 27.0. The molecule has 6 rings (SSSR count). The van der Waals surface area contributed by atoms with Crippen molar-refractivity contribution in [1.82, 2.24) is 20.2 Å². The fourth-order valence-corrected chi connectivity index (χ4v) is 8.50. The van der Waals surface area contributed by atoms with Crippen LogP contribution in [0.25, 0.3) is 0 Å². The summed E-state index contributed by atoms with van der Waals surface area (Å²) in [5.74, 6) is 0.866. The highest BCUT2D eigenvalue weighted by atomic mass is 16.2. The number of piperidine rings is 2.